The predicted molar refractivity (Wildman–Crippen MR) is 85.1 cm³/mol. The fraction of sp³-hybridized carbons (Fsp3) is 0.471. The molecule has 25 heavy (non-hydrogen) atoms. The lowest BCUT2D eigenvalue weighted by Crippen LogP contribution is -2.49. The molecule has 0 aliphatic carbocycles. The number of ketones is 1. The summed E-state index contributed by atoms with van der Waals surface area (Å²) >= 11 is 0. The van der Waals surface area contributed by atoms with Crippen molar-refractivity contribution in [3.05, 3.63) is 29.6 Å². The van der Waals surface area contributed by atoms with Crippen LogP contribution >= 0.6 is 0 Å². The van der Waals surface area contributed by atoms with Crippen molar-refractivity contribution < 1.29 is 33.4 Å². The van der Waals surface area contributed by atoms with Gasteiger partial charge in [-0.2, -0.15) is 0 Å². The van der Waals surface area contributed by atoms with Gasteiger partial charge in [-0.15, -0.1) is 0 Å². The van der Waals surface area contributed by atoms with Gasteiger partial charge in [0.05, 0.1) is 32.8 Å². The molecule has 0 bridgehead atoms. The highest BCUT2D eigenvalue weighted by molar-refractivity contribution is 5.98. The van der Waals surface area contributed by atoms with Crippen LogP contribution in [0.25, 0.3) is 0 Å². The molecule has 1 heterocycles. The molecule has 0 radical (unpaired) electrons. The highest BCUT2D eigenvalue weighted by atomic mass is 19.1. The van der Waals surface area contributed by atoms with E-state index in [1.54, 1.807) is 0 Å². The molecule has 7 nitrogen and oxygen atoms in total. The fourth-order valence-corrected chi connectivity index (χ4v) is 2.70. The molecule has 2 rings (SSSR count). The third-order valence-corrected chi connectivity index (χ3v) is 4.00. The Bertz CT molecular complexity index is 663. The van der Waals surface area contributed by atoms with E-state index in [4.69, 9.17) is 14.6 Å². The number of ether oxygens (including phenoxy) is 2. The molecular weight excluding hydrogens is 333 g/mol. The Morgan fingerprint density at radius 2 is 2.12 bits per heavy atom. The van der Waals surface area contributed by atoms with Gasteiger partial charge < -0.3 is 19.5 Å². The van der Waals surface area contributed by atoms with Gasteiger partial charge in [0.25, 0.3) is 0 Å². The third kappa shape index (κ3) is 4.99. The van der Waals surface area contributed by atoms with E-state index in [0.717, 1.165) is 6.07 Å². The van der Waals surface area contributed by atoms with E-state index in [9.17, 15) is 18.8 Å². The van der Waals surface area contributed by atoms with Gasteiger partial charge in [0.2, 0.25) is 5.91 Å². The number of Topliss-reactive ketones (excluding diaryl/α,β-unsaturated/α-hetero) is 1. The van der Waals surface area contributed by atoms with Gasteiger partial charge in [-0.25, -0.2) is 4.39 Å². The Kier molecular flexibility index (Phi) is 6.46. The highest BCUT2D eigenvalue weighted by Crippen LogP contribution is 2.19. The summed E-state index contributed by atoms with van der Waals surface area (Å²) in [7, 11) is 1.33. The number of hydrogen-bond donors (Lipinski definition) is 1. The van der Waals surface area contributed by atoms with Crippen LogP contribution in [0, 0.1) is 5.82 Å². The summed E-state index contributed by atoms with van der Waals surface area (Å²) in [5.41, 5.74) is 0.162. The molecule has 8 heteroatoms. The lowest BCUT2D eigenvalue weighted by molar-refractivity contribution is -0.146. The van der Waals surface area contributed by atoms with Crippen molar-refractivity contribution in [2.24, 2.45) is 0 Å². The molecule has 1 amide bonds. The summed E-state index contributed by atoms with van der Waals surface area (Å²) in [4.78, 5) is 36.8. The van der Waals surface area contributed by atoms with E-state index in [1.165, 1.54) is 24.1 Å². The zero-order chi connectivity index (χ0) is 18.4. The van der Waals surface area contributed by atoms with E-state index in [1.807, 2.05) is 0 Å². The maximum atomic E-state index is 13.7. The molecule has 0 aromatic heterocycles. The molecular formula is C17H20FNO6. The molecule has 1 aromatic carbocycles. The lowest BCUT2D eigenvalue weighted by atomic mass is 10.0. The van der Waals surface area contributed by atoms with Crippen molar-refractivity contribution in [3.63, 3.8) is 0 Å². The predicted octanol–water partition coefficient (Wildman–Crippen LogP) is 1.50. The standard InChI is InChI=1S/C17H20FNO6/c1-24-15-4-2-11(8-13(15)18)14(20)3-5-16(21)19-6-7-25-10-12(19)9-17(22)23/h2,4,8,12H,3,5-7,9-10H2,1H3,(H,22,23). The number of hydrogen-bond acceptors (Lipinski definition) is 5. The lowest BCUT2D eigenvalue weighted by Gasteiger charge is -2.34. The molecule has 1 aliphatic heterocycles. The van der Waals surface area contributed by atoms with Crippen molar-refractivity contribution in [1.29, 1.82) is 0 Å². The molecule has 1 fully saturated rings. The Balaban J connectivity index is 1.94. The van der Waals surface area contributed by atoms with Crippen LogP contribution in [-0.2, 0) is 14.3 Å². The summed E-state index contributed by atoms with van der Waals surface area (Å²) in [5.74, 6) is -2.29. The van der Waals surface area contributed by atoms with Gasteiger partial charge in [-0.1, -0.05) is 0 Å². The van der Waals surface area contributed by atoms with Crippen molar-refractivity contribution in [2.75, 3.05) is 26.9 Å². The van der Waals surface area contributed by atoms with Gasteiger partial charge in [-0.05, 0) is 18.2 Å². The van der Waals surface area contributed by atoms with Crippen molar-refractivity contribution in [3.8, 4) is 5.75 Å². The number of benzene rings is 1. The smallest absolute Gasteiger partial charge is 0.305 e. The zero-order valence-electron chi connectivity index (χ0n) is 13.9. The second-order valence-corrected chi connectivity index (χ2v) is 5.69. The molecule has 1 atom stereocenters. The average Bonchev–Trinajstić information content (AvgIpc) is 2.59. The van der Waals surface area contributed by atoms with E-state index >= 15 is 0 Å². The SMILES string of the molecule is COc1ccc(C(=O)CCC(=O)N2CCOCC2CC(=O)O)cc1F. The maximum absolute atomic E-state index is 13.7. The van der Waals surface area contributed by atoms with Gasteiger partial charge in [-0.3, -0.25) is 14.4 Å². The largest absolute Gasteiger partial charge is 0.494 e. The van der Waals surface area contributed by atoms with Crippen LogP contribution in [0.5, 0.6) is 5.75 Å². The third-order valence-electron chi connectivity index (χ3n) is 4.00. The van der Waals surface area contributed by atoms with E-state index < -0.39 is 17.8 Å². The number of halogens is 1. The molecule has 1 N–H and O–H groups in total. The first-order valence-corrected chi connectivity index (χ1v) is 7.88. The molecule has 0 spiro atoms. The summed E-state index contributed by atoms with van der Waals surface area (Å²) in [6.45, 7) is 0.789. The zero-order valence-corrected chi connectivity index (χ0v) is 13.9. The van der Waals surface area contributed by atoms with E-state index in [2.05, 4.69) is 0 Å². The van der Waals surface area contributed by atoms with E-state index in [-0.39, 0.29) is 48.9 Å². The van der Waals surface area contributed by atoms with Crippen LogP contribution in [0.3, 0.4) is 0 Å². The normalized spacial score (nSPS) is 17.2. The van der Waals surface area contributed by atoms with Crippen LogP contribution in [0.15, 0.2) is 18.2 Å². The number of amides is 1. The van der Waals surface area contributed by atoms with Crippen molar-refractivity contribution >= 4 is 17.7 Å². The summed E-state index contributed by atoms with van der Waals surface area (Å²) in [6, 6.07) is 3.34. The maximum Gasteiger partial charge on any atom is 0.305 e. The van der Waals surface area contributed by atoms with Crippen molar-refractivity contribution in [2.45, 2.75) is 25.3 Å². The molecule has 136 valence electrons. The van der Waals surface area contributed by atoms with Gasteiger partial charge in [0, 0.05) is 24.9 Å². The molecule has 0 saturated carbocycles. The fourth-order valence-electron chi connectivity index (χ4n) is 2.70. The van der Waals surface area contributed by atoms with Crippen LogP contribution in [0.1, 0.15) is 29.6 Å². The average molecular weight is 353 g/mol. The highest BCUT2D eigenvalue weighted by Gasteiger charge is 2.29. The summed E-state index contributed by atoms with van der Waals surface area (Å²) in [6.07, 6.45) is -0.353. The van der Waals surface area contributed by atoms with Crippen LogP contribution in [0.4, 0.5) is 4.39 Å². The number of carbonyl (C=O) groups is 3. The van der Waals surface area contributed by atoms with Gasteiger partial charge in [0.15, 0.2) is 17.3 Å². The Labute approximate surface area is 144 Å². The number of carboxylic acids is 1. The summed E-state index contributed by atoms with van der Waals surface area (Å²) < 4.78 is 23.7. The Morgan fingerprint density at radius 3 is 2.76 bits per heavy atom. The molecule has 1 aliphatic rings. The Hall–Kier alpha value is -2.48. The molecule has 1 saturated heterocycles. The van der Waals surface area contributed by atoms with Crippen LogP contribution in [0.2, 0.25) is 0 Å². The first kappa shape index (κ1) is 18.9. The number of morpholine rings is 1. The van der Waals surface area contributed by atoms with E-state index in [0.29, 0.717) is 13.2 Å². The molecule has 1 unspecified atom stereocenters. The number of rotatable bonds is 7. The van der Waals surface area contributed by atoms with Crippen LogP contribution < -0.4 is 4.74 Å². The van der Waals surface area contributed by atoms with Crippen LogP contribution in [-0.4, -0.2) is 60.6 Å². The first-order chi connectivity index (χ1) is 11.9. The second-order valence-electron chi connectivity index (χ2n) is 5.69. The summed E-state index contributed by atoms with van der Waals surface area (Å²) in [5, 5.41) is 8.91. The van der Waals surface area contributed by atoms with Gasteiger partial charge in [0.1, 0.15) is 0 Å². The number of carboxylic acid groups (broad SMARTS) is 1. The number of carbonyl (C=O) groups excluding carboxylic acids is 2. The monoisotopic (exact) mass is 353 g/mol. The minimum absolute atomic E-state index is 0.0393. The quantitative estimate of drug-likeness (QED) is 0.747. The molecule has 1 aromatic rings. The minimum atomic E-state index is -1.02. The number of nitrogens with zero attached hydrogens (tertiary/aromatic N) is 1. The minimum Gasteiger partial charge on any atom is -0.494 e. The second kappa shape index (κ2) is 8.57. The number of methoxy groups -OCH3 is 1. The topological polar surface area (TPSA) is 93.1 Å². The number of aliphatic carboxylic acids is 1. The Morgan fingerprint density at radius 1 is 1.36 bits per heavy atom. The first-order valence-electron chi connectivity index (χ1n) is 7.88. The van der Waals surface area contributed by atoms with Gasteiger partial charge >= 0.3 is 5.97 Å². The van der Waals surface area contributed by atoms with Crippen molar-refractivity contribution in [1.82, 2.24) is 4.90 Å².